The summed E-state index contributed by atoms with van der Waals surface area (Å²) in [6, 6.07) is 0. The number of nitrogens with one attached hydrogen (secondary N) is 1. The summed E-state index contributed by atoms with van der Waals surface area (Å²) in [5, 5.41) is 3.17. The summed E-state index contributed by atoms with van der Waals surface area (Å²) >= 11 is 4.25. The predicted octanol–water partition coefficient (Wildman–Crippen LogP) is 3.96. The fourth-order valence-corrected chi connectivity index (χ4v) is 3.08. The zero-order chi connectivity index (χ0) is 13.5. The van der Waals surface area contributed by atoms with Gasteiger partial charge in [0.2, 0.25) is 0 Å². The molecule has 18 heavy (non-hydrogen) atoms. The first-order valence-corrected chi connectivity index (χ1v) is 8.62. The van der Waals surface area contributed by atoms with Gasteiger partial charge in [0.25, 0.3) is 0 Å². The minimum atomic E-state index is 0.620. The van der Waals surface area contributed by atoms with E-state index in [-0.39, 0.29) is 0 Å². The second-order valence-electron chi connectivity index (χ2n) is 4.65. The highest BCUT2D eigenvalue weighted by atomic mass is 127. The van der Waals surface area contributed by atoms with Crippen molar-refractivity contribution in [2.75, 3.05) is 18.1 Å². The number of rotatable bonds is 7. The molecule has 1 heterocycles. The SMILES string of the molecule is CCCSCc1nc(CC(C)C)c(I)c(NC)n1. The van der Waals surface area contributed by atoms with Gasteiger partial charge in [0, 0.05) is 7.05 Å². The van der Waals surface area contributed by atoms with Crippen molar-refractivity contribution in [1.29, 1.82) is 0 Å². The van der Waals surface area contributed by atoms with Crippen molar-refractivity contribution in [3.05, 3.63) is 15.1 Å². The minimum absolute atomic E-state index is 0.620. The van der Waals surface area contributed by atoms with E-state index in [0.717, 1.165) is 27.4 Å². The lowest BCUT2D eigenvalue weighted by molar-refractivity contribution is 0.629. The second kappa shape index (κ2) is 8.19. The molecule has 0 saturated heterocycles. The Bertz CT molecular complexity index is 383. The summed E-state index contributed by atoms with van der Waals surface area (Å²) in [5.41, 5.74) is 1.18. The van der Waals surface area contributed by atoms with Gasteiger partial charge in [0.1, 0.15) is 11.6 Å². The van der Waals surface area contributed by atoms with E-state index in [2.05, 4.69) is 53.7 Å². The Morgan fingerprint density at radius 2 is 2.06 bits per heavy atom. The van der Waals surface area contributed by atoms with Crippen molar-refractivity contribution in [3.63, 3.8) is 0 Å². The van der Waals surface area contributed by atoms with Crippen LogP contribution < -0.4 is 5.32 Å². The van der Waals surface area contributed by atoms with Crippen LogP contribution in [0.25, 0.3) is 0 Å². The molecule has 0 bridgehead atoms. The van der Waals surface area contributed by atoms with Crippen LogP contribution in [0.1, 0.15) is 38.7 Å². The highest BCUT2D eigenvalue weighted by Crippen LogP contribution is 2.22. The summed E-state index contributed by atoms with van der Waals surface area (Å²) in [6.45, 7) is 6.65. The van der Waals surface area contributed by atoms with E-state index in [9.17, 15) is 0 Å². The Morgan fingerprint density at radius 3 is 2.61 bits per heavy atom. The van der Waals surface area contributed by atoms with Gasteiger partial charge in [-0.1, -0.05) is 20.8 Å². The summed E-state index contributed by atoms with van der Waals surface area (Å²) in [6.07, 6.45) is 2.22. The lowest BCUT2D eigenvalue weighted by Crippen LogP contribution is -2.09. The first-order valence-electron chi connectivity index (χ1n) is 6.39. The average Bonchev–Trinajstić information content (AvgIpc) is 2.32. The van der Waals surface area contributed by atoms with Gasteiger partial charge in [-0.25, -0.2) is 9.97 Å². The molecule has 1 aromatic rings. The predicted molar refractivity (Wildman–Crippen MR) is 89.3 cm³/mol. The highest BCUT2D eigenvalue weighted by molar-refractivity contribution is 14.1. The van der Waals surface area contributed by atoms with Gasteiger partial charge in [-0.2, -0.15) is 11.8 Å². The van der Waals surface area contributed by atoms with Crippen LogP contribution in [0.5, 0.6) is 0 Å². The van der Waals surface area contributed by atoms with Crippen molar-refractivity contribution in [3.8, 4) is 0 Å². The Labute approximate surface area is 128 Å². The molecule has 0 aliphatic carbocycles. The number of aromatic nitrogens is 2. The molecule has 0 amide bonds. The highest BCUT2D eigenvalue weighted by Gasteiger charge is 2.12. The quantitative estimate of drug-likeness (QED) is 0.575. The molecule has 0 radical (unpaired) electrons. The van der Waals surface area contributed by atoms with Gasteiger partial charge in [-0.3, -0.25) is 0 Å². The fraction of sp³-hybridized carbons (Fsp3) is 0.692. The van der Waals surface area contributed by atoms with Crippen LogP contribution >= 0.6 is 34.4 Å². The van der Waals surface area contributed by atoms with Crippen LogP contribution in [0.4, 0.5) is 5.82 Å². The summed E-state index contributed by atoms with van der Waals surface area (Å²) < 4.78 is 1.16. The van der Waals surface area contributed by atoms with Crippen LogP contribution in [0, 0.1) is 9.49 Å². The van der Waals surface area contributed by atoms with Crippen molar-refractivity contribution in [2.24, 2.45) is 5.92 Å². The molecular formula is C13H22IN3S. The first-order chi connectivity index (χ1) is 8.58. The standard InChI is InChI=1S/C13H22IN3S/c1-5-6-18-8-11-16-10(7-9(2)3)12(14)13(15-4)17-11/h9H,5-8H2,1-4H3,(H,15,16,17). The van der Waals surface area contributed by atoms with Crippen molar-refractivity contribution < 1.29 is 0 Å². The third-order valence-corrected chi connectivity index (χ3v) is 4.68. The van der Waals surface area contributed by atoms with Crippen molar-refractivity contribution >= 4 is 40.2 Å². The van der Waals surface area contributed by atoms with Crippen LogP contribution in [-0.4, -0.2) is 22.8 Å². The van der Waals surface area contributed by atoms with Gasteiger partial charge in [0.15, 0.2) is 0 Å². The molecule has 1 rings (SSSR count). The van der Waals surface area contributed by atoms with E-state index in [1.807, 2.05) is 18.8 Å². The largest absolute Gasteiger partial charge is 0.372 e. The van der Waals surface area contributed by atoms with E-state index in [1.54, 1.807) is 0 Å². The van der Waals surface area contributed by atoms with Gasteiger partial charge in [0.05, 0.1) is 15.0 Å². The molecule has 1 aromatic heterocycles. The Morgan fingerprint density at radius 1 is 1.33 bits per heavy atom. The molecule has 3 nitrogen and oxygen atoms in total. The van der Waals surface area contributed by atoms with Crippen LogP contribution in [0.2, 0.25) is 0 Å². The molecule has 102 valence electrons. The second-order valence-corrected chi connectivity index (χ2v) is 6.83. The van der Waals surface area contributed by atoms with Gasteiger partial charge >= 0.3 is 0 Å². The lowest BCUT2D eigenvalue weighted by Gasteiger charge is -2.12. The maximum atomic E-state index is 4.71. The van der Waals surface area contributed by atoms with Crippen LogP contribution in [0.3, 0.4) is 0 Å². The molecule has 1 N–H and O–H groups in total. The average molecular weight is 379 g/mol. The monoisotopic (exact) mass is 379 g/mol. The minimum Gasteiger partial charge on any atom is -0.372 e. The number of hydrogen-bond donors (Lipinski definition) is 1. The third-order valence-electron chi connectivity index (χ3n) is 2.38. The number of anilines is 1. The van der Waals surface area contributed by atoms with Gasteiger partial charge in [-0.15, -0.1) is 0 Å². The van der Waals surface area contributed by atoms with E-state index >= 15 is 0 Å². The number of halogens is 1. The molecule has 0 saturated carbocycles. The van der Waals surface area contributed by atoms with Crippen LogP contribution in [-0.2, 0) is 12.2 Å². The molecule has 0 atom stereocenters. The molecule has 0 aliphatic heterocycles. The Hall–Kier alpha value is -0.0400. The summed E-state index contributed by atoms with van der Waals surface area (Å²) in [4.78, 5) is 9.29. The summed E-state index contributed by atoms with van der Waals surface area (Å²) in [5.74, 6) is 4.62. The maximum absolute atomic E-state index is 4.71. The Kier molecular flexibility index (Phi) is 7.29. The number of nitrogens with zero attached hydrogens (tertiary/aromatic N) is 2. The molecule has 0 fully saturated rings. The topological polar surface area (TPSA) is 37.8 Å². The van der Waals surface area contributed by atoms with Crippen molar-refractivity contribution in [2.45, 2.75) is 39.4 Å². The van der Waals surface area contributed by atoms with E-state index < -0.39 is 0 Å². The zero-order valence-corrected chi connectivity index (χ0v) is 14.6. The van der Waals surface area contributed by atoms with Crippen molar-refractivity contribution in [1.82, 2.24) is 9.97 Å². The molecular weight excluding hydrogens is 357 g/mol. The lowest BCUT2D eigenvalue weighted by atomic mass is 10.1. The normalized spacial score (nSPS) is 11.0. The fourth-order valence-electron chi connectivity index (χ4n) is 1.60. The molecule has 0 aliphatic rings. The zero-order valence-electron chi connectivity index (χ0n) is 11.6. The molecule has 0 unspecified atom stereocenters. The van der Waals surface area contributed by atoms with Gasteiger partial charge in [-0.05, 0) is 47.1 Å². The van der Waals surface area contributed by atoms with E-state index in [1.165, 1.54) is 17.9 Å². The van der Waals surface area contributed by atoms with E-state index in [0.29, 0.717) is 5.92 Å². The Balaban J connectivity index is 2.90. The number of hydrogen-bond acceptors (Lipinski definition) is 4. The molecule has 0 spiro atoms. The smallest absolute Gasteiger partial charge is 0.143 e. The molecule has 0 aromatic carbocycles. The number of thioether (sulfide) groups is 1. The summed E-state index contributed by atoms with van der Waals surface area (Å²) in [7, 11) is 1.92. The maximum Gasteiger partial charge on any atom is 0.143 e. The van der Waals surface area contributed by atoms with Gasteiger partial charge < -0.3 is 5.32 Å². The third kappa shape index (κ3) is 4.91. The molecule has 5 heteroatoms. The first kappa shape index (κ1) is 16.0. The van der Waals surface area contributed by atoms with Crippen LogP contribution in [0.15, 0.2) is 0 Å². The van der Waals surface area contributed by atoms with E-state index in [4.69, 9.17) is 4.98 Å².